The van der Waals surface area contributed by atoms with Crippen molar-refractivity contribution >= 4 is 7.12 Å². The monoisotopic (exact) mass is 251 g/mol. The van der Waals surface area contributed by atoms with Crippen LogP contribution in [-0.4, -0.2) is 28.1 Å². The summed E-state index contributed by atoms with van der Waals surface area (Å²) >= 11 is 0. The molecule has 18 heavy (non-hydrogen) atoms. The molecule has 3 rings (SSSR count). The van der Waals surface area contributed by atoms with Gasteiger partial charge in [0, 0.05) is 29.0 Å². The molecule has 1 saturated heterocycles. The Kier molecular flexibility index (Phi) is 1.83. The summed E-state index contributed by atoms with van der Waals surface area (Å²) < 4.78 is 35.2. The van der Waals surface area contributed by atoms with Crippen molar-refractivity contribution in [1.82, 2.24) is 9.78 Å². The molecule has 0 radical (unpaired) electrons. The van der Waals surface area contributed by atoms with Crippen LogP contribution in [0.1, 0.15) is 49.8 Å². The van der Waals surface area contributed by atoms with Crippen molar-refractivity contribution < 1.29 is 13.4 Å². The molecule has 5 heteroatoms. The fourth-order valence-electron chi connectivity index (χ4n) is 2.45. The van der Waals surface area contributed by atoms with Gasteiger partial charge in [-0.2, -0.15) is 5.10 Å². The van der Waals surface area contributed by atoms with Crippen LogP contribution < -0.4 is 0 Å². The van der Waals surface area contributed by atoms with Gasteiger partial charge in [0.1, 0.15) is 0 Å². The Morgan fingerprint density at radius 2 is 2.06 bits per heavy atom. The second-order valence-electron chi connectivity index (χ2n) is 6.32. The van der Waals surface area contributed by atoms with E-state index in [1.54, 1.807) is 6.07 Å². The number of aryl methyl sites for hydroxylation is 1. The summed E-state index contributed by atoms with van der Waals surface area (Å²) in [6.45, 7) is 5.93. The molecule has 1 aliphatic heterocycles. The Labute approximate surface area is 113 Å². The second kappa shape index (κ2) is 3.61. The number of rotatable bonds is 2. The average molecular weight is 251 g/mol. The van der Waals surface area contributed by atoms with Gasteiger partial charge in [-0.25, -0.2) is 0 Å². The van der Waals surface area contributed by atoms with E-state index in [1.807, 2.05) is 27.7 Å². The van der Waals surface area contributed by atoms with E-state index in [2.05, 4.69) is 5.10 Å². The van der Waals surface area contributed by atoms with E-state index < -0.39 is 6.98 Å². The molecule has 1 aromatic rings. The van der Waals surface area contributed by atoms with Gasteiger partial charge < -0.3 is 9.31 Å². The maximum absolute atomic E-state index is 7.35. The normalized spacial score (nSPS) is 36.0. The maximum Gasteiger partial charge on any atom is 0.461 e. The highest BCUT2D eigenvalue weighted by molar-refractivity contribution is 6.49. The minimum absolute atomic E-state index is 0.225. The first-order valence-corrected chi connectivity index (χ1v) is 6.43. The van der Waals surface area contributed by atoms with Crippen molar-refractivity contribution in [2.45, 2.75) is 57.1 Å². The summed E-state index contributed by atoms with van der Waals surface area (Å²) in [7, 11) is -0.238. The predicted octanol–water partition coefficient (Wildman–Crippen LogP) is 2.37. The Bertz CT molecular complexity index is 540. The molecule has 0 N–H and O–H groups in total. The van der Waals surface area contributed by atoms with Crippen LogP contribution in [0.4, 0.5) is 0 Å². The highest BCUT2D eigenvalue weighted by Gasteiger charge is 2.60. The quantitative estimate of drug-likeness (QED) is 0.757. The van der Waals surface area contributed by atoms with Gasteiger partial charge in [-0.1, -0.05) is 0 Å². The van der Waals surface area contributed by atoms with Gasteiger partial charge in [0.05, 0.1) is 16.9 Å². The largest absolute Gasteiger partial charge is 0.461 e. The van der Waals surface area contributed by atoms with E-state index in [-0.39, 0.29) is 30.1 Å². The van der Waals surface area contributed by atoms with E-state index in [1.165, 1.54) is 6.20 Å². The molecule has 2 fully saturated rings. The topological polar surface area (TPSA) is 36.3 Å². The van der Waals surface area contributed by atoms with Crippen LogP contribution in [0, 0.1) is 0 Å². The van der Waals surface area contributed by atoms with Gasteiger partial charge in [-0.3, -0.25) is 4.68 Å². The Morgan fingerprint density at radius 3 is 2.61 bits per heavy atom. The Balaban J connectivity index is 1.69. The summed E-state index contributed by atoms with van der Waals surface area (Å²) in [6, 6.07) is 1.78. The van der Waals surface area contributed by atoms with E-state index in [0.29, 0.717) is 0 Å². The SMILES string of the molecule is [2H]C([2H])([2H])n1ccc([C@H]2C[C@@H]2B2OC(C)(C)C(C)(C)O2)n1. The molecule has 98 valence electrons. The van der Waals surface area contributed by atoms with Gasteiger partial charge in [0.25, 0.3) is 0 Å². The van der Waals surface area contributed by atoms with Crippen molar-refractivity contribution in [3.05, 3.63) is 18.0 Å². The van der Waals surface area contributed by atoms with Gasteiger partial charge in [-0.05, 0) is 40.2 Å². The Morgan fingerprint density at radius 1 is 1.39 bits per heavy atom. The van der Waals surface area contributed by atoms with E-state index in [0.717, 1.165) is 16.8 Å². The molecular formula is C13H21BN2O2. The van der Waals surface area contributed by atoms with Crippen LogP contribution in [0.15, 0.2) is 12.3 Å². The standard InChI is InChI=1S/C13H21BN2O2/c1-12(2)13(3,4)18-14(17-12)10-8-9(10)11-6-7-16(5)15-11/h6-7,9-10H,8H2,1-5H3/t9-,10-/m0/s1/i5D3. The molecule has 1 aromatic heterocycles. The fraction of sp³-hybridized carbons (Fsp3) is 0.769. The van der Waals surface area contributed by atoms with Crippen LogP contribution in [0.5, 0.6) is 0 Å². The molecule has 0 unspecified atom stereocenters. The predicted molar refractivity (Wildman–Crippen MR) is 70.4 cm³/mol. The average Bonchev–Trinajstić information content (AvgIpc) is 2.87. The summed E-state index contributed by atoms with van der Waals surface area (Å²) in [5.41, 5.74) is 0.150. The van der Waals surface area contributed by atoms with Crippen molar-refractivity contribution in [2.75, 3.05) is 0 Å². The lowest BCUT2D eigenvalue weighted by atomic mass is 9.80. The van der Waals surface area contributed by atoms with Crippen LogP contribution in [-0.2, 0) is 16.3 Å². The molecule has 2 heterocycles. The van der Waals surface area contributed by atoms with E-state index in [9.17, 15) is 0 Å². The molecule has 2 aliphatic rings. The summed E-state index contributed by atoms with van der Waals surface area (Å²) in [5, 5.41) is 4.18. The molecular weight excluding hydrogens is 227 g/mol. The third-order valence-corrected chi connectivity index (χ3v) is 4.45. The zero-order valence-corrected chi connectivity index (χ0v) is 11.3. The highest BCUT2D eigenvalue weighted by atomic mass is 16.7. The van der Waals surface area contributed by atoms with Gasteiger partial charge >= 0.3 is 7.12 Å². The molecule has 0 bridgehead atoms. The Hall–Kier alpha value is -0.805. The summed E-state index contributed by atoms with van der Waals surface area (Å²) in [6.07, 6.45) is 2.44. The third-order valence-electron chi connectivity index (χ3n) is 4.45. The van der Waals surface area contributed by atoms with Crippen LogP contribution in [0.25, 0.3) is 0 Å². The first kappa shape index (κ1) is 9.15. The molecule has 2 atom stereocenters. The molecule has 1 saturated carbocycles. The number of hydrogen-bond donors (Lipinski definition) is 0. The number of nitrogens with zero attached hydrogens (tertiary/aromatic N) is 2. The summed E-state index contributed by atoms with van der Waals surface area (Å²) in [5.74, 6) is 0.481. The van der Waals surface area contributed by atoms with E-state index >= 15 is 0 Å². The minimum atomic E-state index is -2.22. The molecule has 4 nitrogen and oxygen atoms in total. The zero-order valence-electron chi connectivity index (χ0n) is 14.3. The number of hydrogen-bond acceptors (Lipinski definition) is 3. The van der Waals surface area contributed by atoms with Gasteiger partial charge in [0.2, 0.25) is 0 Å². The highest BCUT2D eigenvalue weighted by Crippen LogP contribution is 2.57. The van der Waals surface area contributed by atoms with Crippen molar-refractivity contribution in [3.63, 3.8) is 0 Å². The summed E-state index contributed by atoms with van der Waals surface area (Å²) in [4.78, 5) is 0. The van der Waals surface area contributed by atoms with Gasteiger partial charge in [0.15, 0.2) is 0 Å². The first-order valence-electron chi connectivity index (χ1n) is 7.93. The van der Waals surface area contributed by atoms with Crippen LogP contribution in [0.2, 0.25) is 5.82 Å². The molecule has 1 aliphatic carbocycles. The van der Waals surface area contributed by atoms with E-state index in [4.69, 9.17) is 13.4 Å². The van der Waals surface area contributed by atoms with Crippen LogP contribution in [0.3, 0.4) is 0 Å². The molecule has 0 aromatic carbocycles. The third kappa shape index (κ3) is 1.80. The molecule has 0 spiro atoms. The van der Waals surface area contributed by atoms with Crippen molar-refractivity contribution in [1.29, 1.82) is 0 Å². The molecule has 0 amide bonds. The lowest BCUT2D eigenvalue weighted by molar-refractivity contribution is 0.00578. The first-order chi connectivity index (χ1) is 9.51. The maximum atomic E-state index is 7.35. The lowest BCUT2D eigenvalue weighted by Gasteiger charge is -2.32. The fourth-order valence-corrected chi connectivity index (χ4v) is 2.45. The smallest absolute Gasteiger partial charge is 0.403 e. The van der Waals surface area contributed by atoms with Crippen molar-refractivity contribution in [2.24, 2.45) is 6.98 Å². The van der Waals surface area contributed by atoms with Gasteiger partial charge in [-0.15, -0.1) is 0 Å². The van der Waals surface area contributed by atoms with Crippen molar-refractivity contribution in [3.8, 4) is 0 Å². The zero-order chi connectivity index (χ0) is 15.6. The second-order valence-corrected chi connectivity index (χ2v) is 6.32. The lowest BCUT2D eigenvalue weighted by Crippen LogP contribution is -2.41. The number of aromatic nitrogens is 2. The van der Waals surface area contributed by atoms with Crippen LogP contribution >= 0.6 is 0 Å². The minimum Gasteiger partial charge on any atom is -0.403 e.